The van der Waals surface area contributed by atoms with Crippen molar-refractivity contribution in [1.29, 1.82) is 0 Å². The van der Waals surface area contributed by atoms with Gasteiger partial charge in [-0.2, -0.15) is 0 Å². The Kier molecular flexibility index (Phi) is 9.59. The molecule has 1 N–H and O–H groups in total. The minimum atomic E-state index is -0.296. The second-order valence-electron chi connectivity index (χ2n) is 9.08. The molecule has 0 bridgehead atoms. The van der Waals surface area contributed by atoms with Gasteiger partial charge in [0.1, 0.15) is 19.0 Å². The third-order valence-corrected chi connectivity index (χ3v) is 6.24. The predicted molar refractivity (Wildman–Crippen MR) is 133 cm³/mol. The van der Waals surface area contributed by atoms with Crippen LogP contribution in [0.15, 0.2) is 42.7 Å². The van der Waals surface area contributed by atoms with Gasteiger partial charge in [-0.25, -0.2) is 0 Å². The minimum absolute atomic E-state index is 0.0661. The van der Waals surface area contributed by atoms with Gasteiger partial charge in [-0.05, 0) is 42.7 Å². The monoisotopic (exact) mass is 484 g/mol. The number of nitrogens with zero attached hydrogens (tertiary/aromatic N) is 3. The lowest BCUT2D eigenvalue weighted by Gasteiger charge is -2.36. The van der Waals surface area contributed by atoms with E-state index in [1.54, 1.807) is 43.5 Å². The molecule has 3 rings (SSSR count). The average Bonchev–Trinajstić information content (AvgIpc) is 2.85. The number of likely N-dealkylation sites (N-methyl/N-ethyl adjacent to an activating group) is 1. The zero-order valence-corrected chi connectivity index (χ0v) is 21.2. The summed E-state index contributed by atoms with van der Waals surface area (Å²) in [5.41, 5.74) is 2.01. The van der Waals surface area contributed by atoms with Gasteiger partial charge in [0.25, 0.3) is 5.91 Å². The number of amides is 2. The molecule has 0 radical (unpaired) electrons. The molecule has 1 aromatic carbocycles. The molecular weight excluding hydrogens is 448 g/mol. The fourth-order valence-electron chi connectivity index (χ4n) is 4.20. The lowest BCUT2D eigenvalue weighted by atomic mass is 10.0. The molecule has 0 saturated heterocycles. The predicted octanol–water partition coefficient (Wildman–Crippen LogP) is 2.67. The van der Waals surface area contributed by atoms with Crippen LogP contribution in [0.25, 0.3) is 0 Å². The van der Waals surface area contributed by atoms with Gasteiger partial charge in [0.15, 0.2) is 0 Å². The number of carbonyl (C=O) groups excluding carboxylic acids is 2. The van der Waals surface area contributed by atoms with E-state index in [1.807, 2.05) is 12.3 Å². The summed E-state index contributed by atoms with van der Waals surface area (Å²) >= 11 is 0. The molecule has 0 saturated carbocycles. The second kappa shape index (κ2) is 12.6. The fourth-order valence-corrected chi connectivity index (χ4v) is 4.20. The number of nitrogens with one attached hydrogen (secondary N) is 1. The molecule has 1 aromatic heterocycles. The van der Waals surface area contributed by atoms with E-state index in [2.05, 4.69) is 35.1 Å². The third-order valence-electron chi connectivity index (χ3n) is 6.24. The number of carbonyl (C=O) groups is 2. The largest absolute Gasteiger partial charge is 0.491 e. The van der Waals surface area contributed by atoms with Crippen LogP contribution < -0.4 is 10.1 Å². The molecule has 9 nitrogen and oxygen atoms in total. The zero-order chi connectivity index (χ0) is 25.4. The first-order valence-corrected chi connectivity index (χ1v) is 11.8. The first-order chi connectivity index (χ1) is 16.8. The standard InChI is InChI=1S/C26H36N4O5/c1-18-13-30(14-20-7-6-10-27-12-20)19(2)16-35-23-9-8-21(28-25(31)17-33-4)11-22(23)26(32)29(3)15-24(18)34-5/h6-12,18-19,24H,13-17H2,1-5H3,(H,28,31)/t18-,19-,24-/m0/s1. The van der Waals surface area contributed by atoms with Crippen molar-refractivity contribution in [3.8, 4) is 5.75 Å². The summed E-state index contributed by atoms with van der Waals surface area (Å²) in [7, 11) is 4.89. The molecule has 0 spiro atoms. The third kappa shape index (κ3) is 7.24. The number of methoxy groups -OCH3 is 2. The topological polar surface area (TPSA) is 93.2 Å². The quantitative estimate of drug-likeness (QED) is 0.674. The normalized spacial score (nSPS) is 21.9. The van der Waals surface area contributed by atoms with Gasteiger partial charge < -0.3 is 24.4 Å². The fraction of sp³-hybridized carbons (Fsp3) is 0.500. The lowest BCUT2D eigenvalue weighted by Crippen LogP contribution is -2.46. The molecule has 3 atom stereocenters. The lowest BCUT2D eigenvalue weighted by molar-refractivity contribution is -0.119. The maximum Gasteiger partial charge on any atom is 0.257 e. The van der Waals surface area contributed by atoms with Crippen molar-refractivity contribution in [2.45, 2.75) is 32.5 Å². The SMILES string of the molecule is COCC(=O)Nc1ccc2c(c1)C(=O)N(C)C[C@H](OC)[C@@H](C)CN(Cc1cccnc1)[C@@H](C)CO2. The minimum Gasteiger partial charge on any atom is -0.491 e. The highest BCUT2D eigenvalue weighted by atomic mass is 16.5. The van der Waals surface area contributed by atoms with Gasteiger partial charge in [-0.15, -0.1) is 0 Å². The van der Waals surface area contributed by atoms with Crippen LogP contribution in [-0.4, -0.2) is 86.3 Å². The average molecular weight is 485 g/mol. The Bertz CT molecular complexity index is 987. The van der Waals surface area contributed by atoms with Gasteiger partial charge in [0.2, 0.25) is 5.91 Å². The molecule has 0 aliphatic carbocycles. The van der Waals surface area contributed by atoms with Gasteiger partial charge in [0.05, 0.1) is 11.7 Å². The van der Waals surface area contributed by atoms with Crippen molar-refractivity contribution in [1.82, 2.24) is 14.8 Å². The summed E-state index contributed by atoms with van der Waals surface area (Å²) in [6.07, 6.45) is 3.50. The molecule has 35 heavy (non-hydrogen) atoms. The van der Waals surface area contributed by atoms with E-state index < -0.39 is 0 Å². The maximum absolute atomic E-state index is 13.4. The molecule has 2 heterocycles. The van der Waals surface area contributed by atoms with Crippen LogP contribution in [0.3, 0.4) is 0 Å². The van der Waals surface area contributed by atoms with Crippen LogP contribution >= 0.6 is 0 Å². The Hall–Kier alpha value is -3.01. The van der Waals surface area contributed by atoms with Gasteiger partial charge in [-0.3, -0.25) is 19.5 Å². The Balaban J connectivity index is 1.92. The second-order valence-corrected chi connectivity index (χ2v) is 9.08. The van der Waals surface area contributed by atoms with E-state index in [4.69, 9.17) is 14.2 Å². The molecule has 1 aliphatic rings. The van der Waals surface area contributed by atoms with E-state index in [1.165, 1.54) is 7.11 Å². The summed E-state index contributed by atoms with van der Waals surface area (Å²) < 4.78 is 16.9. The number of fused-ring (bicyclic) bond motifs is 1. The number of ether oxygens (including phenoxy) is 3. The number of aromatic nitrogens is 1. The first kappa shape index (κ1) is 26.6. The van der Waals surface area contributed by atoms with Gasteiger partial charge >= 0.3 is 0 Å². The number of anilines is 1. The Morgan fingerprint density at radius 3 is 2.71 bits per heavy atom. The highest BCUT2D eigenvalue weighted by Gasteiger charge is 2.28. The van der Waals surface area contributed by atoms with E-state index in [0.717, 1.165) is 18.7 Å². The highest BCUT2D eigenvalue weighted by Crippen LogP contribution is 2.26. The summed E-state index contributed by atoms with van der Waals surface area (Å²) in [5, 5.41) is 2.76. The van der Waals surface area contributed by atoms with Crippen molar-refractivity contribution >= 4 is 17.5 Å². The van der Waals surface area contributed by atoms with Crippen LogP contribution in [0.1, 0.15) is 29.8 Å². The number of hydrogen-bond donors (Lipinski definition) is 1. The van der Waals surface area contributed by atoms with Gasteiger partial charge in [-0.1, -0.05) is 13.0 Å². The van der Waals surface area contributed by atoms with Crippen molar-refractivity contribution in [3.63, 3.8) is 0 Å². The van der Waals surface area contributed by atoms with E-state index in [-0.39, 0.29) is 36.5 Å². The van der Waals surface area contributed by atoms with Crippen LogP contribution in [0.5, 0.6) is 5.75 Å². The van der Waals surface area contributed by atoms with E-state index in [9.17, 15) is 9.59 Å². The number of pyridine rings is 1. The Labute approximate surface area is 207 Å². The Morgan fingerprint density at radius 1 is 1.23 bits per heavy atom. The van der Waals surface area contributed by atoms with Crippen molar-refractivity contribution in [3.05, 3.63) is 53.9 Å². The molecular formula is C26H36N4O5. The Morgan fingerprint density at radius 2 is 2.03 bits per heavy atom. The zero-order valence-electron chi connectivity index (χ0n) is 21.2. The van der Waals surface area contributed by atoms with Crippen LogP contribution in [0.4, 0.5) is 5.69 Å². The smallest absolute Gasteiger partial charge is 0.257 e. The highest BCUT2D eigenvalue weighted by molar-refractivity contribution is 5.99. The van der Waals surface area contributed by atoms with E-state index in [0.29, 0.717) is 30.2 Å². The molecule has 2 amide bonds. The summed E-state index contributed by atoms with van der Waals surface area (Å²) in [5.74, 6) is 0.142. The molecule has 0 fully saturated rings. The van der Waals surface area contributed by atoms with Crippen LogP contribution in [-0.2, 0) is 20.8 Å². The first-order valence-electron chi connectivity index (χ1n) is 11.8. The maximum atomic E-state index is 13.4. The molecule has 0 unspecified atom stereocenters. The molecule has 190 valence electrons. The summed E-state index contributed by atoms with van der Waals surface area (Å²) in [4.78, 5) is 33.7. The van der Waals surface area contributed by atoms with Crippen molar-refractivity contribution in [2.24, 2.45) is 5.92 Å². The molecule has 9 heteroatoms. The van der Waals surface area contributed by atoms with E-state index >= 15 is 0 Å². The molecule has 1 aliphatic heterocycles. The van der Waals surface area contributed by atoms with Crippen LogP contribution in [0.2, 0.25) is 0 Å². The summed E-state index contributed by atoms with van der Waals surface area (Å²) in [6.45, 7) is 6.50. The number of hydrogen-bond acceptors (Lipinski definition) is 7. The van der Waals surface area contributed by atoms with Crippen molar-refractivity contribution in [2.75, 3.05) is 52.9 Å². The summed E-state index contributed by atoms with van der Waals surface area (Å²) in [6, 6.07) is 9.17. The van der Waals surface area contributed by atoms with Gasteiger partial charge in [0, 0.05) is 65.0 Å². The number of rotatable bonds is 6. The van der Waals surface area contributed by atoms with Crippen LogP contribution in [0, 0.1) is 5.92 Å². The number of benzene rings is 1. The molecule has 2 aromatic rings. The van der Waals surface area contributed by atoms with Crippen molar-refractivity contribution < 1.29 is 23.8 Å².